The maximum atomic E-state index is 9.27. The van der Waals surface area contributed by atoms with Crippen molar-refractivity contribution in [2.45, 2.75) is 6.54 Å². The third-order valence-electron chi connectivity index (χ3n) is 6.77. The van der Waals surface area contributed by atoms with E-state index >= 15 is 0 Å². The van der Waals surface area contributed by atoms with Crippen LogP contribution in [0, 0.1) is 22.7 Å². The Kier molecular flexibility index (Phi) is 11.1. The van der Waals surface area contributed by atoms with Crippen molar-refractivity contribution in [1.82, 2.24) is 39.8 Å². The first-order chi connectivity index (χ1) is 23.0. The first kappa shape index (κ1) is 32.6. The fourth-order valence-corrected chi connectivity index (χ4v) is 4.60. The summed E-state index contributed by atoms with van der Waals surface area (Å²) in [6, 6.07) is 14.8. The molecule has 1 aliphatic rings. The molecule has 6 heterocycles. The predicted molar refractivity (Wildman–Crippen MR) is 172 cm³/mol. The van der Waals surface area contributed by atoms with E-state index in [0.717, 1.165) is 44.2 Å². The van der Waals surface area contributed by atoms with Crippen LogP contribution in [0.15, 0.2) is 67.4 Å². The lowest BCUT2D eigenvalue weighted by atomic mass is 10.1. The molecule has 0 amide bonds. The monoisotopic (exact) mass is 649 g/mol. The SMILES string of the molecule is COc1ncc(-c2ccnc(Cl)n2)cc1C#N.COc1ncc(-c2ccnc(Nc3ccc(CN4CCOCC4)nc3)n2)cc1C#N. The molecule has 47 heavy (non-hydrogen) atoms. The average molecular weight is 650 g/mol. The highest BCUT2D eigenvalue weighted by Gasteiger charge is 2.12. The van der Waals surface area contributed by atoms with Crippen LogP contribution in [0.4, 0.5) is 11.6 Å². The molecule has 15 heteroatoms. The summed E-state index contributed by atoms with van der Waals surface area (Å²) in [7, 11) is 2.94. The van der Waals surface area contributed by atoms with E-state index in [4.69, 9.17) is 31.1 Å². The zero-order chi connectivity index (χ0) is 33.0. The number of halogens is 1. The summed E-state index contributed by atoms with van der Waals surface area (Å²) in [5.41, 5.74) is 5.15. The lowest BCUT2D eigenvalue weighted by Crippen LogP contribution is -2.35. The van der Waals surface area contributed by atoms with Crippen molar-refractivity contribution in [2.75, 3.05) is 45.8 Å². The summed E-state index contributed by atoms with van der Waals surface area (Å²) in [5.74, 6) is 1.01. The van der Waals surface area contributed by atoms with Crippen LogP contribution in [0.2, 0.25) is 5.28 Å². The molecule has 14 nitrogen and oxygen atoms in total. The third-order valence-corrected chi connectivity index (χ3v) is 6.96. The maximum absolute atomic E-state index is 9.27. The third kappa shape index (κ3) is 8.68. The molecule has 0 saturated carbocycles. The number of nitrogens with zero attached hydrogens (tertiary/aromatic N) is 10. The Labute approximate surface area is 275 Å². The molecular weight excluding hydrogens is 622 g/mol. The molecule has 1 N–H and O–H groups in total. The van der Waals surface area contributed by atoms with Gasteiger partial charge in [0.25, 0.3) is 0 Å². The minimum atomic E-state index is 0.150. The zero-order valence-corrected chi connectivity index (χ0v) is 26.2. The van der Waals surface area contributed by atoms with Crippen LogP contribution < -0.4 is 14.8 Å². The molecule has 5 aromatic rings. The van der Waals surface area contributed by atoms with Gasteiger partial charge in [0.2, 0.25) is 23.0 Å². The largest absolute Gasteiger partial charge is 0.480 e. The van der Waals surface area contributed by atoms with E-state index in [1.165, 1.54) is 14.2 Å². The van der Waals surface area contributed by atoms with Crippen molar-refractivity contribution in [2.24, 2.45) is 0 Å². The number of hydrogen-bond acceptors (Lipinski definition) is 14. The fraction of sp³-hybridized carbons (Fsp3) is 0.219. The highest BCUT2D eigenvalue weighted by Crippen LogP contribution is 2.24. The molecule has 0 spiro atoms. The molecule has 0 bridgehead atoms. The molecular formula is C32H28ClN11O3. The van der Waals surface area contributed by atoms with Gasteiger partial charge in [0, 0.05) is 55.5 Å². The Morgan fingerprint density at radius 3 is 1.98 bits per heavy atom. The molecule has 0 aromatic carbocycles. The van der Waals surface area contributed by atoms with Gasteiger partial charge in [-0.25, -0.2) is 29.9 Å². The summed E-state index contributed by atoms with van der Waals surface area (Å²) in [5, 5.41) is 21.5. The number of morpholine rings is 1. The maximum Gasteiger partial charge on any atom is 0.231 e. The quantitative estimate of drug-likeness (QED) is 0.233. The fourth-order valence-electron chi connectivity index (χ4n) is 4.45. The number of methoxy groups -OCH3 is 2. The van der Waals surface area contributed by atoms with E-state index in [1.54, 1.807) is 55.2 Å². The Bertz CT molecular complexity index is 1910. The van der Waals surface area contributed by atoms with E-state index in [2.05, 4.69) is 51.2 Å². The molecule has 0 radical (unpaired) electrons. The van der Waals surface area contributed by atoms with Crippen molar-refractivity contribution < 1.29 is 14.2 Å². The van der Waals surface area contributed by atoms with Crippen molar-refractivity contribution in [3.63, 3.8) is 0 Å². The lowest BCUT2D eigenvalue weighted by molar-refractivity contribution is 0.0336. The minimum absolute atomic E-state index is 0.150. The zero-order valence-electron chi connectivity index (χ0n) is 25.5. The van der Waals surface area contributed by atoms with Gasteiger partial charge in [0.05, 0.1) is 56.4 Å². The molecule has 1 saturated heterocycles. The second kappa shape index (κ2) is 16.0. The van der Waals surface area contributed by atoms with Crippen LogP contribution in [-0.4, -0.2) is 80.3 Å². The van der Waals surface area contributed by atoms with Crippen LogP contribution >= 0.6 is 11.6 Å². The Morgan fingerprint density at radius 2 is 1.43 bits per heavy atom. The number of pyridine rings is 3. The van der Waals surface area contributed by atoms with Crippen LogP contribution in [-0.2, 0) is 11.3 Å². The van der Waals surface area contributed by atoms with Gasteiger partial charge >= 0.3 is 0 Å². The van der Waals surface area contributed by atoms with Crippen molar-refractivity contribution in [3.05, 3.63) is 89.5 Å². The number of hydrogen-bond donors (Lipinski definition) is 1. The Hall–Kier alpha value is -5.80. The van der Waals surface area contributed by atoms with Gasteiger partial charge in [-0.05, 0) is 48.0 Å². The second-order valence-corrected chi connectivity index (χ2v) is 10.2. The van der Waals surface area contributed by atoms with E-state index < -0.39 is 0 Å². The standard InChI is InChI=1S/C21H21N7O2.C11H7ClN4O/c1-29-20-15(11-22)10-16(12-25-20)19-4-5-23-21(27-19)26-17-2-3-18(24-13-17)14-28-6-8-30-9-7-28;1-17-10-7(5-13)4-8(6-15-10)9-2-3-14-11(12)16-9/h2-5,10,12-13H,6-9,14H2,1H3,(H,23,26,27);2-4,6H,1H3. The van der Waals surface area contributed by atoms with Gasteiger partial charge < -0.3 is 19.5 Å². The van der Waals surface area contributed by atoms with E-state index in [0.29, 0.717) is 39.6 Å². The number of ether oxygens (including phenoxy) is 3. The molecule has 6 rings (SSSR count). The van der Waals surface area contributed by atoms with Crippen LogP contribution in [0.3, 0.4) is 0 Å². The Morgan fingerprint density at radius 1 is 0.809 bits per heavy atom. The van der Waals surface area contributed by atoms with Crippen LogP contribution in [0.5, 0.6) is 11.8 Å². The second-order valence-electron chi connectivity index (χ2n) is 9.81. The van der Waals surface area contributed by atoms with Crippen molar-refractivity contribution >= 4 is 23.2 Å². The highest BCUT2D eigenvalue weighted by atomic mass is 35.5. The molecule has 5 aromatic heterocycles. The van der Waals surface area contributed by atoms with Crippen molar-refractivity contribution in [1.29, 1.82) is 10.5 Å². The number of rotatable bonds is 8. The molecule has 0 aliphatic carbocycles. The minimum Gasteiger partial charge on any atom is -0.480 e. The summed E-state index contributed by atoms with van der Waals surface area (Å²) in [4.78, 5) is 31.7. The average Bonchev–Trinajstić information content (AvgIpc) is 3.12. The normalized spacial score (nSPS) is 12.5. The van der Waals surface area contributed by atoms with Gasteiger partial charge in [0.1, 0.15) is 23.3 Å². The van der Waals surface area contributed by atoms with Gasteiger partial charge in [-0.1, -0.05) is 0 Å². The topological polar surface area (TPSA) is 181 Å². The van der Waals surface area contributed by atoms with Crippen LogP contribution in [0.1, 0.15) is 16.8 Å². The molecule has 236 valence electrons. The molecule has 0 atom stereocenters. The van der Waals surface area contributed by atoms with Gasteiger partial charge in [0.15, 0.2) is 0 Å². The number of aromatic nitrogens is 7. The molecule has 1 fully saturated rings. The van der Waals surface area contributed by atoms with E-state index in [1.807, 2.05) is 18.2 Å². The summed E-state index contributed by atoms with van der Waals surface area (Å²) >= 11 is 5.69. The summed E-state index contributed by atoms with van der Waals surface area (Å²) in [6.45, 7) is 4.20. The van der Waals surface area contributed by atoms with Crippen molar-refractivity contribution in [3.8, 4) is 46.4 Å². The summed E-state index contributed by atoms with van der Waals surface area (Å²) < 4.78 is 15.4. The first-order valence-corrected chi connectivity index (χ1v) is 14.6. The van der Waals surface area contributed by atoms with Gasteiger partial charge in [-0.15, -0.1) is 0 Å². The number of anilines is 2. The smallest absolute Gasteiger partial charge is 0.231 e. The van der Waals surface area contributed by atoms with Gasteiger partial charge in [-0.2, -0.15) is 10.5 Å². The molecule has 0 unspecified atom stereocenters. The Balaban J connectivity index is 0.000000216. The van der Waals surface area contributed by atoms with E-state index in [9.17, 15) is 5.26 Å². The van der Waals surface area contributed by atoms with Crippen LogP contribution in [0.25, 0.3) is 22.5 Å². The van der Waals surface area contributed by atoms with E-state index in [-0.39, 0.29) is 17.0 Å². The summed E-state index contributed by atoms with van der Waals surface area (Å²) in [6.07, 6.45) is 8.16. The molecule has 1 aliphatic heterocycles. The number of nitrogens with one attached hydrogen (secondary N) is 1. The highest BCUT2D eigenvalue weighted by molar-refractivity contribution is 6.28. The first-order valence-electron chi connectivity index (χ1n) is 14.2. The number of nitriles is 2. The predicted octanol–water partition coefficient (Wildman–Crippen LogP) is 4.46. The van der Waals surface area contributed by atoms with Gasteiger partial charge in [-0.3, -0.25) is 9.88 Å². The lowest BCUT2D eigenvalue weighted by Gasteiger charge is -2.26.